The minimum atomic E-state index is 0.00586. The number of thiophene rings is 1. The highest BCUT2D eigenvalue weighted by atomic mass is 32.1. The lowest BCUT2D eigenvalue weighted by molar-refractivity contribution is 0.590. The van der Waals surface area contributed by atoms with Gasteiger partial charge in [0.15, 0.2) is 0 Å². The molecule has 0 N–H and O–H groups in total. The maximum Gasteiger partial charge on any atom is 0.260 e. The predicted molar refractivity (Wildman–Crippen MR) is 244 cm³/mol. The molecule has 11 rings (SSSR count). The zero-order valence-corrected chi connectivity index (χ0v) is 33.6. The summed E-state index contributed by atoms with van der Waals surface area (Å²) < 4.78 is 5.32. The first-order valence-electron chi connectivity index (χ1n) is 19.9. The Bertz CT molecular complexity index is 3010. The van der Waals surface area contributed by atoms with E-state index in [4.69, 9.17) is 0 Å². The van der Waals surface area contributed by atoms with Gasteiger partial charge in [0.2, 0.25) is 0 Å². The zero-order chi connectivity index (χ0) is 38.1. The van der Waals surface area contributed by atoms with E-state index in [1.165, 1.54) is 104 Å². The molecule has 2 aromatic heterocycles. The number of fused-ring (bicyclic) bond motifs is 10. The molecule has 0 aliphatic carbocycles. The van der Waals surface area contributed by atoms with Gasteiger partial charge in [-0.05, 0) is 109 Å². The highest BCUT2D eigenvalue weighted by molar-refractivity contribution is 7.34. The average molecular weight is 739 g/mol. The maximum atomic E-state index is 2.59. The van der Waals surface area contributed by atoms with Crippen LogP contribution in [-0.2, 0) is 10.8 Å². The van der Waals surface area contributed by atoms with E-state index in [-0.39, 0.29) is 17.5 Å². The number of rotatable bonds is 3. The van der Waals surface area contributed by atoms with E-state index in [1.54, 1.807) is 0 Å². The summed E-state index contributed by atoms with van der Waals surface area (Å²) in [5, 5.41) is 3.92. The third-order valence-corrected chi connectivity index (χ3v) is 13.5. The Morgan fingerprint density at radius 1 is 0.500 bits per heavy atom. The van der Waals surface area contributed by atoms with Gasteiger partial charge in [0.05, 0.1) is 16.7 Å². The molecule has 0 saturated heterocycles. The van der Waals surface area contributed by atoms with E-state index in [0.29, 0.717) is 0 Å². The summed E-state index contributed by atoms with van der Waals surface area (Å²) in [5.41, 5.74) is 18.1. The molecule has 4 heterocycles. The molecule has 0 unspecified atom stereocenters. The van der Waals surface area contributed by atoms with Crippen LogP contribution in [0.5, 0.6) is 0 Å². The maximum absolute atomic E-state index is 2.59. The molecule has 7 aromatic carbocycles. The molecule has 0 spiro atoms. The average Bonchev–Trinajstić information content (AvgIpc) is 3.85. The first-order chi connectivity index (χ1) is 27.1. The van der Waals surface area contributed by atoms with E-state index in [2.05, 4.69) is 203 Å². The quantitative estimate of drug-likeness (QED) is 0.164. The number of benzene rings is 7. The SMILES string of the molecule is CC(C)(C)c1ccc(N2c3ccccc3B3c4sc5ccc(C(C)(C)C)cc5c4-c4cc(-n5c6ccccc6c6ccccc65)cc2c43)c(-c2ccccc2)c1. The Kier molecular flexibility index (Phi) is 7.08. The summed E-state index contributed by atoms with van der Waals surface area (Å²) in [4.78, 5) is 2.59. The minimum absolute atomic E-state index is 0.00586. The van der Waals surface area contributed by atoms with Gasteiger partial charge in [0.1, 0.15) is 0 Å². The zero-order valence-electron chi connectivity index (χ0n) is 32.8. The molecule has 9 aromatic rings. The van der Waals surface area contributed by atoms with Crippen molar-refractivity contribution in [1.82, 2.24) is 4.57 Å². The third-order valence-electron chi connectivity index (χ3n) is 12.3. The molecule has 0 saturated carbocycles. The van der Waals surface area contributed by atoms with Crippen molar-refractivity contribution in [2.75, 3.05) is 4.90 Å². The van der Waals surface area contributed by atoms with Gasteiger partial charge in [0.25, 0.3) is 6.71 Å². The molecule has 2 aliphatic heterocycles. The Morgan fingerprint density at radius 2 is 1.12 bits per heavy atom. The molecule has 2 nitrogen and oxygen atoms in total. The fourth-order valence-electron chi connectivity index (χ4n) is 9.51. The van der Waals surface area contributed by atoms with Crippen LogP contribution in [0, 0.1) is 0 Å². The summed E-state index contributed by atoms with van der Waals surface area (Å²) in [6.07, 6.45) is 0. The van der Waals surface area contributed by atoms with Crippen molar-refractivity contribution in [3.8, 4) is 27.9 Å². The standard InChI is InChI=1S/C52H43BN2S/c1-51(2,3)33-24-26-44(38(28-33)32-16-8-7-9-17-32)55-45-23-15-12-20-41(45)53-49-40(48-39-29-34(52(4,5)6)25-27-47(39)56-50(48)53)30-35(31-46(49)55)54-42-21-13-10-18-36(42)37-19-11-14-22-43(37)54/h7-31H,1-6H3. The number of hydrogen-bond donors (Lipinski definition) is 0. The summed E-state index contributed by atoms with van der Waals surface area (Å²) in [7, 11) is 0. The van der Waals surface area contributed by atoms with Gasteiger partial charge in [-0.3, -0.25) is 0 Å². The molecule has 0 atom stereocenters. The van der Waals surface area contributed by atoms with Gasteiger partial charge in [-0.1, -0.05) is 139 Å². The number of para-hydroxylation sites is 3. The molecule has 270 valence electrons. The number of aromatic nitrogens is 1. The lowest BCUT2D eigenvalue weighted by atomic mass is 9.39. The second-order valence-electron chi connectivity index (χ2n) is 17.8. The number of nitrogens with zero attached hydrogens (tertiary/aromatic N) is 2. The Labute approximate surface area is 333 Å². The molecule has 0 radical (unpaired) electrons. The lowest BCUT2D eigenvalue weighted by Crippen LogP contribution is -2.54. The highest BCUT2D eigenvalue weighted by Crippen LogP contribution is 2.49. The summed E-state index contributed by atoms with van der Waals surface area (Å²) in [5.74, 6) is 0. The van der Waals surface area contributed by atoms with Gasteiger partial charge in [-0.25, -0.2) is 0 Å². The van der Waals surface area contributed by atoms with E-state index in [9.17, 15) is 0 Å². The van der Waals surface area contributed by atoms with Crippen LogP contribution in [0.4, 0.5) is 17.1 Å². The highest BCUT2D eigenvalue weighted by Gasteiger charge is 2.45. The van der Waals surface area contributed by atoms with Crippen LogP contribution >= 0.6 is 11.3 Å². The van der Waals surface area contributed by atoms with Gasteiger partial charge >= 0.3 is 0 Å². The third kappa shape index (κ3) is 4.82. The van der Waals surface area contributed by atoms with Crippen LogP contribution in [0.1, 0.15) is 52.7 Å². The first-order valence-corrected chi connectivity index (χ1v) is 20.7. The van der Waals surface area contributed by atoms with E-state index in [1.807, 2.05) is 11.3 Å². The molecule has 0 amide bonds. The van der Waals surface area contributed by atoms with Crippen LogP contribution in [0.25, 0.3) is 59.8 Å². The van der Waals surface area contributed by atoms with Gasteiger partial charge in [-0.2, -0.15) is 0 Å². The monoisotopic (exact) mass is 738 g/mol. The summed E-state index contributed by atoms with van der Waals surface area (Å²) in [6, 6.07) is 57.3. The topological polar surface area (TPSA) is 8.17 Å². The van der Waals surface area contributed by atoms with Crippen LogP contribution in [-0.4, -0.2) is 11.3 Å². The smallest absolute Gasteiger partial charge is 0.260 e. The number of hydrogen-bond acceptors (Lipinski definition) is 2. The van der Waals surface area contributed by atoms with E-state index < -0.39 is 0 Å². The normalized spacial score (nSPS) is 13.5. The fraction of sp³-hybridized carbons (Fsp3) is 0.154. The van der Waals surface area contributed by atoms with Crippen molar-refractivity contribution in [1.29, 1.82) is 0 Å². The van der Waals surface area contributed by atoms with E-state index in [0.717, 1.165) is 0 Å². The molecular formula is C52H43BN2S. The molecule has 0 fully saturated rings. The van der Waals surface area contributed by atoms with Crippen molar-refractivity contribution < 1.29 is 0 Å². The van der Waals surface area contributed by atoms with Gasteiger partial charge in [0, 0.05) is 43.5 Å². The van der Waals surface area contributed by atoms with Crippen LogP contribution in [0.15, 0.2) is 152 Å². The molecule has 2 aliphatic rings. The summed E-state index contributed by atoms with van der Waals surface area (Å²) in [6.45, 7) is 14.1. The minimum Gasteiger partial charge on any atom is -0.311 e. The first kappa shape index (κ1) is 33.5. The molecule has 56 heavy (non-hydrogen) atoms. The lowest BCUT2D eigenvalue weighted by Gasteiger charge is -2.37. The van der Waals surface area contributed by atoms with Crippen LogP contribution < -0.4 is 20.6 Å². The van der Waals surface area contributed by atoms with Crippen LogP contribution in [0.2, 0.25) is 0 Å². The molecule has 4 heteroatoms. The van der Waals surface area contributed by atoms with Gasteiger partial charge < -0.3 is 9.47 Å². The van der Waals surface area contributed by atoms with Gasteiger partial charge in [-0.15, -0.1) is 11.3 Å². The molecular weight excluding hydrogens is 695 g/mol. The van der Waals surface area contributed by atoms with Crippen molar-refractivity contribution in [2.24, 2.45) is 0 Å². The Hall–Kier alpha value is -5.84. The largest absolute Gasteiger partial charge is 0.311 e. The Balaban J connectivity index is 1.28. The second kappa shape index (κ2) is 11.8. The van der Waals surface area contributed by atoms with Crippen LogP contribution in [0.3, 0.4) is 0 Å². The number of anilines is 3. The molecule has 0 bridgehead atoms. The van der Waals surface area contributed by atoms with E-state index >= 15 is 0 Å². The van der Waals surface area contributed by atoms with Crippen molar-refractivity contribution in [3.63, 3.8) is 0 Å². The Morgan fingerprint density at radius 3 is 1.84 bits per heavy atom. The fourth-order valence-corrected chi connectivity index (χ4v) is 10.8. The van der Waals surface area contributed by atoms with Crippen molar-refractivity contribution in [3.05, 3.63) is 163 Å². The summed E-state index contributed by atoms with van der Waals surface area (Å²) >= 11 is 1.99. The van der Waals surface area contributed by atoms with Crippen molar-refractivity contribution in [2.45, 2.75) is 52.4 Å². The second-order valence-corrected chi connectivity index (χ2v) is 18.9. The predicted octanol–water partition coefficient (Wildman–Crippen LogP) is 12.5. The van der Waals surface area contributed by atoms with Crippen molar-refractivity contribution >= 4 is 82.7 Å².